The Morgan fingerprint density at radius 2 is 1.90 bits per heavy atom. The minimum atomic E-state index is -1.07. The zero-order valence-electron chi connectivity index (χ0n) is 13.1. The summed E-state index contributed by atoms with van der Waals surface area (Å²) in [5.41, 5.74) is 5.13. The second-order valence-corrected chi connectivity index (χ2v) is 5.60. The molecule has 0 radical (unpaired) electrons. The van der Waals surface area contributed by atoms with E-state index < -0.39 is 17.8 Å². The molecule has 0 saturated heterocycles. The Morgan fingerprint density at radius 3 is 2.48 bits per heavy atom. The quantitative estimate of drug-likeness (QED) is 0.337. The van der Waals surface area contributed by atoms with Gasteiger partial charge in [0.05, 0.1) is 13.0 Å². The average molecular weight is 301 g/mol. The van der Waals surface area contributed by atoms with Gasteiger partial charge in [0.1, 0.15) is 5.72 Å². The zero-order valence-corrected chi connectivity index (χ0v) is 13.1. The van der Waals surface area contributed by atoms with Crippen molar-refractivity contribution in [1.29, 1.82) is 0 Å². The first-order chi connectivity index (χ1) is 10.0. The van der Waals surface area contributed by atoms with Gasteiger partial charge in [-0.25, -0.2) is 4.79 Å². The van der Waals surface area contributed by atoms with E-state index in [9.17, 15) is 9.59 Å². The maximum absolute atomic E-state index is 11.8. The smallest absolute Gasteiger partial charge is 0.434 e. The van der Waals surface area contributed by atoms with Gasteiger partial charge in [-0.05, 0) is 19.3 Å². The molecule has 1 aliphatic rings. The van der Waals surface area contributed by atoms with Crippen LogP contribution >= 0.6 is 0 Å². The van der Waals surface area contributed by atoms with Crippen molar-refractivity contribution in [3.63, 3.8) is 0 Å². The number of unbranched alkanes of at least 4 members (excludes halogenated alkanes) is 1. The van der Waals surface area contributed by atoms with Crippen molar-refractivity contribution in [1.82, 2.24) is 0 Å². The van der Waals surface area contributed by atoms with Crippen LogP contribution in [0.15, 0.2) is 0 Å². The molecule has 0 bridgehead atoms. The predicted octanol–water partition coefficient (Wildman–Crippen LogP) is 2.74. The lowest BCUT2D eigenvalue weighted by molar-refractivity contribution is -0.151. The summed E-state index contributed by atoms with van der Waals surface area (Å²) in [6.07, 6.45) is 5.75. The van der Waals surface area contributed by atoms with Crippen LogP contribution in [-0.2, 0) is 19.0 Å². The second-order valence-electron chi connectivity index (χ2n) is 5.60. The molecule has 122 valence electrons. The summed E-state index contributed by atoms with van der Waals surface area (Å²) in [5.74, 6) is -0.591. The third-order valence-corrected chi connectivity index (χ3v) is 4.01. The van der Waals surface area contributed by atoms with Gasteiger partial charge >= 0.3 is 12.1 Å². The molecule has 0 heterocycles. The number of carbonyl (C=O) groups excluding carboxylic acids is 2. The number of hydrogen-bond acceptors (Lipinski definition) is 6. The molecule has 1 fully saturated rings. The van der Waals surface area contributed by atoms with Crippen molar-refractivity contribution in [2.45, 2.75) is 64.0 Å². The summed E-state index contributed by atoms with van der Waals surface area (Å²) in [7, 11) is 1.49. The fourth-order valence-corrected chi connectivity index (χ4v) is 2.66. The highest BCUT2D eigenvalue weighted by Gasteiger charge is 2.38. The third-order valence-electron chi connectivity index (χ3n) is 4.01. The van der Waals surface area contributed by atoms with E-state index >= 15 is 0 Å². The highest BCUT2D eigenvalue weighted by Crippen LogP contribution is 2.33. The highest BCUT2D eigenvalue weighted by molar-refractivity contribution is 5.82. The van der Waals surface area contributed by atoms with Crippen molar-refractivity contribution in [2.24, 2.45) is 11.7 Å². The van der Waals surface area contributed by atoms with Crippen LogP contribution in [-0.4, -0.2) is 31.6 Å². The van der Waals surface area contributed by atoms with Gasteiger partial charge in [0.25, 0.3) is 0 Å². The van der Waals surface area contributed by atoms with Crippen LogP contribution in [0.1, 0.15) is 58.3 Å². The Labute approximate surface area is 126 Å². The van der Waals surface area contributed by atoms with E-state index in [2.05, 4.69) is 4.74 Å². The molecule has 2 N–H and O–H groups in total. The van der Waals surface area contributed by atoms with Crippen molar-refractivity contribution in [2.75, 3.05) is 13.7 Å². The van der Waals surface area contributed by atoms with Crippen LogP contribution in [0.3, 0.4) is 0 Å². The van der Waals surface area contributed by atoms with Crippen molar-refractivity contribution in [3.8, 4) is 0 Å². The lowest BCUT2D eigenvalue weighted by Gasteiger charge is -2.37. The Bertz CT molecular complexity index is 341. The molecule has 1 saturated carbocycles. The number of nitrogens with two attached hydrogens (primary N) is 1. The molecule has 0 spiro atoms. The van der Waals surface area contributed by atoms with Gasteiger partial charge in [-0.15, -0.1) is 0 Å². The first kappa shape index (κ1) is 17.9. The maximum Gasteiger partial charge on any atom is 0.516 e. The van der Waals surface area contributed by atoms with Crippen molar-refractivity contribution >= 4 is 12.1 Å². The molecule has 1 aliphatic carbocycles. The fraction of sp³-hybridized carbons (Fsp3) is 0.867. The third kappa shape index (κ3) is 6.01. The van der Waals surface area contributed by atoms with Gasteiger partial charge in [0.15, 0.2) is 0 Å². The summed E-state index contributed by atoms with van der Waals surface area (Å²) < 4.78 is 14.8. The summed E-state index contributed by atoms with van der Waals surface area (Å²) in [6.45, 7) is 2.23. The fourth-order valence-electron chi connectivity index (χ4n) is 2.66. The largest absolute Gasteiger partial charge is 0.516 e. The number of methoxy groups -OCH3 is 1. The van der Waals surface area contributed by atoms with E-state index in [-0.39, 0.29) is 18.9 Å². The Morgan fingerprint density at radius 1 is 1.24 bits per heavy atom. The van der Waals surface area contributed by atoms with Gasteiger partial charge in [-0.1, -0.05) is 32.6 Å². The highest BCUT2D eigenvalue weighted by atomic mass is 16.7. The van der Waals surface area contributed by atoms with Crippen molar-refractivity contribution in [3.05, 3.63) is 0 Å². The molecule has 1 rings (SSSR count). The summed E-state index contributed by atoms with van der Waals surface area (Å²) in [5, 5.41) is 0. The first-order valence-electron chi connectivity index (χ1n) is 7.73. The van der Waals surface area contributed by atoms with Crippen LogP contribution < -0.4 is 5.73 Å². The Kier molecular flexibility index (Phi) is 7.67. The molecule has 0 amide bonds. The Balaban J connectivity index is 2.44. The number of esters is 1. The van der Waals surface area contributed by atoms with Crippen molar-refractivity contribution < 1.29 is 23.8 Å². The molecule has 6 heteroatoms. The zero-order chi connectivity index (χ0) is 15.7. The standard InChI is InChI=1S/C15H27NO5/c1-3-4-10-20-14(18)21-13(17)11-15(16,19-2)12-8-6-5-7-9-12/h12H,3-11,16H2,1-2H3. The van der Waals surface area contributed by atoms with E-state index in [0.717, 1.165) is 38.5 Å². The molecule has 0 aromatic heterocycles. The SMILES string of the molecule is CCCCOC(=O)OC(=O)CC(N)(OC)C1CCCCC1. The number of carbonyl (C=O) groups is 2. The van der Waals surface area contributed by atoms with Crippen LogP contribution in [0.4, 0.5) is 4.79 Å². The minimum Gasteiger partial charge on any atom is -0.434 e. The molecule has 1 unspecified atom stereocenters. The molecular formula is C15H27NO5. The van der Waals surface area contributed by atoms with Gasteiger partial charge in [-0.3, -0.25) is 4.79 Å². The van der Waals surface area contributed by atoms with Gasteiger partial charge < -0.3 is 19.9 Å². The van der Waals surface area contributed by atoms with Gasteiger partial charge in [0, 0.05) is 13.0 Å². The molecule has 6 nitrogen and oxygen atoms in total. The Hall–Kier alpha value is -1.14. The van der Waals surface area contributed by atoms with Crippen LogP contribution in [0.25, 0.3) is 0 Å². The molecule has 0 aromatic carbocycles. The monoisotopic (exact) mass is 301 g/mol. The summed E-state index contributed by atoms with van der Waals surface area (Å²) in [6, 6.07) is 0. The lowest BCUT2D eigenvalue weighted by atomic mass is 9.80. The molecule has 1 atom stereocenters. The van der Waals surface area contributed by atoms with Gasteiger partial charge in [0.2, 0.25) is 0 Å². The average Bonchev–Trinajstić information content (AvgIpc) is 2.48. The number of rotatable bonds is 7. The second kappa shape index (κ2) is 9.00. The van der Waals surface area contributed by atoms with Gasteiger partial charge in [-0.2, -0.15) is 0 Å². The molecular weight excluding hydrogens is 274 g/mol. The van der Waals surface area contributed by atoms with E-state index in [4.69, 9.17) is 15.2 Å². The summed E-state index contributed by atoms with van der Waals surface area (Å²) in [4.78, 5) is 23.2. The number of ether oxygens (including phenoxy) is 3. The molecule has 0 aliphatic heterocycles. The maximum atomic E-state index is 11.8. The van der Waals surface area contributed by atoms with Crippen LogP contribution in [0.5, 0.6) is 0 Å². The van der Waals surface area contributed by atoms with E-state index in [0.29, 0.717) is 0 Å². The van der Waals surface area contributed by atoms with Crippen LogP contribution in [0.2, 0.25) is 0 Å². The summed E-state index contributed by atoms with van der Waals surface area (Å²) >= 11 is 0. The topological polar surface area (TPSA) is 87.9 Å². The number of hydrogen-bond donors (Lipinski definition) is 1. The van der Waals surface area contributed by atoms with E-state index in [1.54, 1.807) is 0 Å². The van der Waals surface area contributed by atoms with E-state index in [1.165, 1.54) is 13.5 Å². The predicted molar refractivity (Wildman–Crippen MR) is 77.5 cm³/mol. The normalized spacial score (nSPS) is 18.8. The van der Waals surface area contributed by atoms with E-state index in [1.807, 2.05) is 6.92 Å². The molecule has 0 aromatic rings. The minimum absolute atomic E-state index is 0.111. The van der Waals surface area contributed by atoms with Crippen LogP contribution in [0, 0.1) is 5.92 Å². The lowest BCUT2D eigenvalue weighted by Crippen LogP contribution is -2.51. The first-order valence-corrected chi connectivity index (χ1v) is 7.73. The molecule has 21 heavy (non-hydrogen) atoms.